The number of anilines is 1. The summed E-state index contributed by atoms with van der Waals surface area (Å²) >= 11 is 0. The van der Waals surface area contributed by atoms with Crippen LogP contribution in [-0.4, -0.2) is 48.8 Å². The normalized spacial score (nSPS) is 25.9. The van der Waals surface area contributed by atoms with E-state index in [1.54, 1.807) is 12.0 Å². The number of pyridine rings is 1. The maximum absolute atomic E-state index is 13.7. The molecule has 1 amide bonds. The molecule has 0 saturated carbocycles. The molecule has 4 aliphatic heterocycles. The third kappa shape index (κ3) is 3.94. The smallest absolute Gasteiger partial charge is 0.414 e. The van der Waals surface area contributed by atoms with Crippen molar-refractivity contribution in [1.29, 1.82) is 0 Å². The summed E-state index contributed by atoms with van der Waals surface area (Å²) in [5, 5.41) is 0.987. The minimum Gasteiger partial charge on any atom is -0.497 e. The number of piperidine rings is 3. The van der Waals surface area contributed by atoms with E-state index in [0.29, 0.717) is 12.5 Å². The zero-order chi connectivity index (χ0) is 23.9. The highest BCUT2D eigenvalue weighted by atomic mass is 16.6. The van der Waals surface area contributed by atoms with Gasteiger partial charge in [0.1, 0.15) is 11.9 Å². The SMILES string of the molecule is CC[C@@H]1CN2CC[C@@H]1C[C@@H]2[C@@H](OC(=O)N1CCc2ccccc21)c1ccnc2ccc(OC)cc12. The molecule has 6 nitrogen and oxygen atoms in total. The van der Waals surface area contributed by atoms with Crippen LogP contribution in [0.1, 0.15) is 43.4 Å². The van der Waals surface area contributed by atoms with Gasteiger partial charge in [-0.1, -0.05) is 31.5 Å². The number of hydrogen-bond donors (Lipinski definition) is 0. The number of carbonyl (C=O) groups excluding carboxylic acids is 1. The van der Waals surface area contributed by atoms with Crippen molar-refractivity contribution in [2.45, 2.75) is 44.8 Å². The van der Waals surface area contributed by atoms with Crippen LogP contribution in [0.15, 0.2) is 54.7 Å². The number of carbonyl (C=O) groups is 1. The van der Waals surface area contributed by atoms with E-state index in [9.17, 15) is 4.79 Å². The van der Waals surface area contributed by atoms with Crippen LogP contribution in [0.5, 0.6) is 5.75 Å². The van der Waals surface area contributed by atoms with Crippen molar-refractivity contribution in [3.05, 3.63) is 65.9 Å². The molecule has 6 heteroatoms. The summed E-state index contributed by atoms with van der Waals surface area (Å²) in [4.78, 5) is 22.6. The summed E-state index contributed by atoms with van der Waals surface area (Å²) in [6, 6.07) is 16.3. The van der Waals surface area contributed by atoms with Gasteiger partial charge >= 0.3 is 6.09 Å². The van der Waals surface area contributed by atoms with Gasteiger partial charge in [-0.2, -0.15) is 0 Å². The van der Waals surface area contributed by atoms with Gasteiger partial charge in [-0.05, 0) is 73.5 Å². The molecule has 35 heavy (non-hydrogen) atoms. The third-order valence-electron chi connectivity index (χ3n) is 8.43. The minimum absolute atomic E-state index is 0.162. The minimum atomic E-state index is -0.367. The van der Waals surface area contributed by atoms with Gasteiger partial charge in [-0.25, -0.2) is 4.79 Å². The van der Waals surface area contributed by atoms with E-state index >= 15 is 0 Å². The lowest BCUT2D eigenvalue weighted by molar-refractivity contribution is -0.0593. The molecule has 0 spiro atoms. The fourth-order valence-corrected chi connectivity index (χ4v) is 6.53. The van der Waals surface area contributed by atoms with E-state index < -0.39 is 0 Å². The lowest BCUT2D eigenvalue weighted by Crippen LogP contribution is -2.56. The van der Waals surface area contributed by atoms with Gasteiger partial charge in [0.15, 0.2) is 0 Å². The van der Waals surface area contributed by atoms with Gasteiger partial charge in [0.2, 0.25) is 0 Å². The average molecular weight is 472 g/mol. The summed E-state index contributed by atoms with van der Waals surface area (Å²) in [5.41, 5.74) is 4.07. The van der Waals surface area contributed by atoms with Crippen LogP contribution in [0.25, 0.3) is 10.9 Å². The Morgan fingerprint density at radius 3 is 2.86 bits per heavy atom. The van der Waals surface area contributed by atoms with Crippen molar-refractivity contribution in [1.82, 2.24) is 9.88 Å². The molecule has 3 saturated heterocycles. The molecular formula is C29H33N3O3. The molecule has 7 rings (SSSR count). The van der Waals surface area contributed by atoms with Gasteiger partial charge in [-0.3, -0.25) is 14.8 Å². The lowest BCUT2D eigenvalue weighted by atomic mass is 9.72. The number of amides is 1. The van der Waals surface area contributed by atoms with Crippen molar-refractivity contribution in [2.75, 3.05) is 31.6 Å². The summed E-state index contributed by atoms with van der Waals surface area (Å²) in [5.74, 6) is 2.20. The van der Waals surface area contributed by atoms with Gasteiger partial charge in [-0.15, -0.1) is 0 Å². The number of hydrogen-bond acceptors (Lipinski definition) is 5. The highest BCUT2D eigenvalue weighted by Crippen LogP contribution is 2.44. The Hall–Kier alpha value is -3.12. The monoisotopic (exact) mass is 471 g/mol. The summed E-state index contributed by atoms with van der Waals surface area (Å²) in [6.45, 7) is 5.11. The zero-order valence-electron chi connectivity index (χ0n) is 20.5. The number of rotatable bonds is 5. The Bertz CT molecular complexity index is 1240. The highest BCUT2D eigenvalue weighted by molar-refractivity contribution is 5.91. The van der Waals surface area contributed by atoms with Crippen LogP contribution in [-0.2, 0) is 11.2 Å². The van der Waals surface area contributed by atoms with Gasteiger partial charge < -0.3 is 9.47 Å². The molecular weight excluding hydrogens is 438 g/mol. The predicted molar refractivity (Wildman–Crippen MR) is 137 cm³/mol. The Labute approximate surface area is 206 Å². The molecule has 0 aliphatic carbocycles. The van der Waals surface area contributed by atoms with Crippen LogP contribution in [0, 0.1) is 11.8 Å². The van der Waals surface area contributed by atoms with E-state index in [4.69, 9.17) is 9.47 Å². The van der Waals surface area contributed by atoms with Crippen molar-refractivity contribution in [3.63, 3.8) is 0 Å². The standard InChI is InChI=1S/C29H33N3O3/c1-3-19-18-31-14-11-21(19)16-27(31)28(23-10-13-30-25-9-8-22(34-2)17-24(23)25)35-29(33)32-15-12-20-6-4-5-7-26(20)32/h4-10,13,17,19,21,27-28H,3,11-12,14-16,18H2,1-2H3/t19-,21-,27-,28+/m1/s1. The zero-order valence-corrected chi connectivity index (χ0v) is 20.5. The summed E-state index contributed by atoms with van der Waals surface area (Å²) in [6.07, 6.45) is 5.57. The fourth-order valence-electron chi connectivity index (χ4n) is 6.53. The molecule has 5 atom stereocenters. The van der Waals surface area contributed by atoms with Crippen LogP contribution < -0.4 is 9.64 Å². The Balaban J connectivity index is 1.39. The Morgan fingerprint density at radius 1 is 1.17 bits per heavy atom. The number of nitrogens with zero attached hydrogens (tertiary/aromatic N) is 3. The second-order valence-corrected chi connectivity index (χ2v) is 10.1. The molecule has 3 fully saturated rings. The van der Waals surface area contributed by atoms with E-state index in [1.807, 2.05) is 48.7 Å². The maximum atomic E-state index is 13.7. The van der Waals surface area contributed by atoms with Crippen molar-refractivity contribution in [3.8, 4) is 5.75 Å². The molecule has 1 unspecified atom stereocenters. The van der Waals surface area contributed by atoms with Crippen LogP contribution in [0.3, 0.4) is 0 Å². The average Bonchev–Trinajstić information content (AvgIpc) is 3.35. The Kier molecular flexibility index (Phi) is 5.85. The molecule has 182 valence electrons. The quantitative estimate of drug-likeness (QED) is 0.485. The number of aromatic nitrogens is 1. The van der Waals surface area contributed by atoms with E-state index in [2.05, 4.69) is 22.9 Å². The lowest BCUT2D eigenvalue weighted by Gasteiger charge is -2.51. The molecule has 1 aromatic heterocycles. The first-order valence-corrected chi connectivity index (χ1v) is 12.9. The van der Waals surface area contributed by atoms with Gasteiger partial charge in [0.05, 0.1) is 24.4 Å². The van der Waals surface area contributed by atoms with Crippen molar-refractivity contribution < 1.29 is 14.3 Å². The van der Waals surface area contributed by atoms with E-state index in [-0.39, 0.29) is 18.2 Å². The fraction of sp³-hybridized carbons (Fsp3) is 0.448. The van der Waals surface area contributed by atoms with Crippen molar-refractivity contribution in [2.24, 2.45) is 11.8 Å². The molecule has 0 radical (unpaired) electrons. The maximum Gasteiger partial charge on any atom is 0.414 e. The molecule has 5 heterocycles. The first kappa shape index (κ1) is 22.4. The summed E-state index contributed by atoms with van der Waals surface area (Å²) < 4.78 is 12.0. The van der Waals surface area contributed by atoms with Crippen LogP contribution in [0.2, 0.25) is 0 Å². The van der Waals surface area contributed by atoms with Gasteiger partial charge in [0, 0.05) is 30.2 Å². The highest BCUT2D eigenvalue weighted by Gasteiger charge is 2.45. The molecule has 3 aromatic rings. The molecule has 4 aliphatic rings. The first-order valence-electron chi connectivity index (χ1n) is 12.9. The molecule has 0 N–H and O–H groups in total. The van der Waals surface area contributed by atoms with Crippen LogP contribution >= 0.6 is 0 Å². The number of benzene rings is 2. The Morgan fingerprint density at radius 2 is 2.06 bits per heavy atom. The number of para-hydroxylation sites is 1. The largest absolute Gasteiger partial charge is 0.497 e. The second kappa shape index (κ2) is 9.15. The topological polar surface area (TPSA) is 54.9 Å². The second-order valence-electron chi connectivity index (χ2n) is 10.1. The van der Waals surface area contributed by atoms with E-state index in [1.165, 1.54) is 18.4 Å². The number of ether oxygens (including phenoxy) is 2. The molecule has 2 bridgehead atoms. The first-order chi connectivity index (χ1) is 17.2. The van der Waals surface area contributed by atoms with Crippen molar-refractivity contribution >= 4 is 22.7 Å². The predicted octanol–water partition coefficient (Wildman–Crippen LogP) is 5.60. The third-order valence-corrected chi connectivity index (χ3v) is 8.43. The van der Waals surface area contributed by atoms with Crippen LogP contribution in [0.4, 0.5) is 10.5 Å². The number of fused-ring (bicyclic) bond motifs is 5. The van der Waals surface area contributed by atoms with E-state index in [0.717, 1.165) is 59.8 Å². The summed E-state index contributed by atoms with van der Waals surface area (Å²) in [7, 11) is 1.68. The molecule has 2 aromatic carbocycles. The van der Waals surface area contributed by atoms with Gasteiger partial charge in [0.25, 0.3) is 0 Å². The number of methoxy groups -OCH3 is 1.